The standard InChI is InChI=1S/C10H13FO3/c1-5-4-7(11)10(14-3)9(13)8(5)6(2)12/h4,6,12-13H,1-3H3. The minimum absolute atomic E-state index is 0.230. The van der Waals surface area contributed by atoms with Crippen molar-refractivity contribution < 1.29 is 19.3 Å². The highest BCUT2D eigenvalue weighted by molar-refractivity contribution is 5.51. The van der Waals surface area contributed by atoms with Crippen LogP contribution in [0.15, 0.2) is 6.07 Å². The highest BCUT2D eigenvalue weighted by atomic mass is 19.1. The Morgan fingerprint density at radius 3 is 2.50 bits per heavy atom. The smallest absolute Gasteiger partial charge is 0.196 e. The lowest BCUT2D eigenvalue weighted by atomic mass is 10.0. The van der Waals surface area contributed by atoms with Gasteiger partial charge in [0.15, 0.2) is 17.3 Å². The summed E-state index contributed by atoms with van der Waals surface area (Å²) in [6.45, 7) is 3.11. The van der Waals surface area contributed by atoms with Crippen LogP contribution in [-0.2, 0) is 0 Å². The van der Waals surface area contributed by atoms with E-state index in [9.17, 15) is 14.6 Å². The molecule has 0 saturated carbocycles. The fourth-order valence-electron chi connectivity index (χ4n) is 1.48. The van der Waals surface area contributed by atoms with Crippen molar-refractivity contribution in [1.82, 2.24) is 0 Å². The van der Waals surface area contributed by atoms with Crippen LogP contribution < -0.4 is 4.74 Å². The van der Waals surface area contributed by atoms with Gasteiger partial charge >= 0.3 is 0 Å². The summed E-state index contributed by atoms with van der Waals surface area (Å²) in [5, 5.41) is 19.0. The molecule has 0 heterocycles. The summed E-state index contributed by atoms with van der Waals surface area (Å²) in [4.78, 5) is 0. The lowest BCUT2D eigenvalue weighted by Gasteiger charge is -2.14. The van der Waals surface area contributed by atoms with Crippen LogP contribution in [0.5, 0.6) is 11.5 Å². The van der Waals surface area contributed by atoms with Crippen LogP contribution in [0.4, 0.5) is 4.39 Å². The van der Waals surface area contributed by atoms with E-state index in [0.29, 0.717) is 11.1 Å². The Morgan fingerprint density at radius 2 is 2.07 bits per heavy atom. The maximum Gasteiger partial charge on any atom is 0.196 e. The van der Waals surface area contributed by atoms with E-state index < -0.39 is 11.9 Å². The number of aromatic hydroxyl groups is 1. The molecule has 1 aromatic rings. The van der Waals surface area contributed by atoms with Gasteiger partial charge in [0.05, 0.1) is 13.2 Å². The molecule has 0 bridgehead atoms. The van der Waals surface area contributed by atoms with Crippen LogP contribution in [0.1, 0.15) is 24.2 Å². The minimum atomic E-state index is -0.857. The molecule has 1 rings (SSSR count). The van der Waals surface area contributed by atoms with Crippen LogP contribution in [-0.4, -0.2) is 17.3 Å². The Kier molecular flexibility index (Phi) is 2.96. The molecule has 0 radical (unpaired) electrons. The van der Waals surface area contributed by atoms with Gasteiger partial charge in [-0.15, -0.1) is 0 Å². The molecule has 78 valence electrons. The number of methoxy groups -OCH3 is 1. The van der Waals surface area contributed by atoms with Gasteiger partial charge in [0.2, 0.25) is 0 Å². The van der Waals surface area contributed by atoms with Crippen molar-refractivity contribution in [2.75, 3.05) is 7.11 Å². The predicted octanol–water partition coefficient (Wildman–Crippen LogP) is 1.90. The Bertz CT molecular complexity index is 348. The number of hydrogen-bond donors (Lipinski definition) is 2. The third-order valence-electron chi connectivity index (χ3n) is 2.08. The SMILES string of the molecule is COc1c(F)cc(C)c(C(C)O)c1O. The number of halogens is 1. The minimum Gasteiger partial charge on any atom is -0.504 e. The van der Waals surface area contributed by atoms with E-state index in [1.54, 1.807) is 6.92 Å². The van der Waals surface area contributed by atoms with E-state index in [0.717, 1.165) is 0 Å². The van der Waals surface area contributed by atoms with Gasteiger partial charge in [-0.25, -0.2) is 4.39 Å². The topological polar surface area (TPSA) is 49.7 Å². The molecule has 4 heteroatoms. The highest BCUT2D eigenvalue weighted by Crippen LogP contribution is 2.38. The molecular formula is C10H13FO3. The molecule has 1 atom stereocenters. The Labute approximate surface area is 81.8 Å². The fourth-order valence-corrected chi connectivity index (χ4v) is 1.48. The van der Waals surface area contributed by atoms with Crippen molar-refractivity contribution in [2.45, 2.75) is 20.0 Å². The molecule has 1 unspecified atom stereocenters. The highest BCUT2D eigenvalue weighted by Gasteiger charge is 2.19. The number of hydrogen-bond acceptors (Lipinski definition) is 3. The molecule has 3 nitrogen and oxygen atoms in total. The molecule has 0 amide bonds. The number of aryl methyl sites for hydroxylation is 1. The van der Waals surface area contributed by atoms with Gasteiger partial charge in [0.1, 0.15) is 0 Å². The lowest BCUT2D eigenvalue weighted by molar-refractivity contribution is 0.192. The van der Waals surface area contributed by atoms with E-state index in [1.807, 2.05) is 0 Å². The van der Waals surface area contributed by atoms with Crippen molar-refractivity contribution in [3.05, 3.63) is 23.0 Å². The third-order valence-corrected chi connectivity index (χ3v) is 2.08. The van der Waals surface area contributed by atoms with Crippen molar-refractivity contribution in [2.24, 2.45) is 0 Å². The fraction of sp³-hybridized carbons (Fsp3) is 0.400. The number of phenols is 1. The van der Waals surface area contributed by atoms with E-state index in [1.165, 1.54) is 20.1 Å². The Balaban J connectivity index is 3.44. The third kappa shape index (κ3) is 1.65. The Hall–Kier alpha value is -1.29. The van der Waals surface area contributed by atoms with E-state index >= 15 is 0 Å². The number of ether oxygens (including phenoxy) is 1. The van der Waals surface area contributed by atoms with Gasteiger partial charge in [0.25, 0.3) is 0 Å². The summed E-state index contributed by atoms with van der Waals surface area (Å²) >= 11 is 0. The summed E-state index contributed by atoms with van der Waals surface area (Å²) < 4.78 is 17.9. The first-order valence-corrected chi connectivity index (χ1v) is 4.23. The van der Waals surface area contributed by atoms with Gasteiger partial charge in [-0.1, -0.05) is 0 Å². The average molecular weight is 200 g/mol. The predicted molar refractivity (Wildman–Crippen MR) is 50.0 cm³/mol. The van der Waals surface area contributed by atoms with E-state index in [2.05, 4.69) is 4.74 Å². The largest absolute Gasteiger partial charge is 0.504 e. The van der Waals surface area contributed by atoms with Crippen LogP contribution >= 0.6 is 0 Å². The summed E-state index contributed by atoms with van der Waals surface area (Å²) in [5.74, 6) is -1.20. The van der Waals surface area contributed by atoms with Gasteiger partial charge < -0.3 is 14.9 Å². The van der Waals surface area contributed by atoms with E-state index in [4.69, 9.17) is 0 Å². The number of phenolic OH excluding ortho intramolecular Hbond substituents is 1. The maximum atomic E-state index is 13.2. The average Bonchev–Trinajstić information content (AvgIpc) is 2.02. The van der Waals surface area contributed by atoms with Crippen molar-refractivity contribution in [3.63, 3.8) is 0 Å². The van der Waals surface area contributed by atoms with Gasteiger partial charge in [-0.2, -0.15) is 0 Å². The molecular weight excluding hydrogens is 187 g/mol. The lowest BCUT2D eigenvalue weighted by Crippen LogP contribution is -2.00. The van der Waals surface area contributed by atoms with Crippen LogP contribution in [0.3, 0.4) is 0 Å². The zero-order chi connectivity index (χ0) is 10.9. The molecule has 0 spiro atoms. The molecule has 0 aliphatic heterocycles. The zero-order valence-corrected chi connectivity index (χ0v) is 8.34. The molecule has 0 aliphatic carbocycles. The molecule has 1 aromatic carbocycles. The van der Waals surface area contributed by atoms with Gasteiger partial charge in [0, 0.05) is 5.56 Å². The second kappa shape index (κ2) is 3.84. The Morgan fingerprint density at radius 1 is 1.50 bits per heavy atom. The molecule has 0 aromatic heterocycles. The number of rotatable bonds is 2. The summed E-state index contributed by atoms with van der Waals surface area (Å²) in [6.07, 6.45) is -0.857. The molecule has 0 aliphatic rings. The van der Waals surface area contributed by atoms with Crippen LogP contribution in [0.25, 0.3) is 0 Å². The van der Waals surface area contributed by atoms with E-state index in [-0.39, 0.29) is 11.5 Å². The first kappa shape index (κ1) is 10.8. The maximum absolute atomic E-state index is 13.2. The van der Waals surface area contributed by atoms with Crippen molar-refractivity contribution in [3.8, 4) is 11.5 Å². The number of aliphatic hydroxyl groups is 1. The molecule has 0 saturated heterocycles. The zero-order valence-electron chi connectivity index (χ0n) is 8.34. The van der Waals surface area contributed by atoms with Crippen LogP contribution in [0, 0.1) is 12.7 Å². The summed E-state index contributed by atoms with van der Waals surface area (Å²) in [5.41, 5.74) is 0.791. The number of benzene rings is 1. The summed E-state index contributed by atoms with van der Waals surface area (Å²) in [7, 11) is 1.26. The molecule has 0 fully saturated rings. The van der Waals surface area contributed by atoms with Crippen molar-refractivity contribution >= 4 is 0 Å². The van der Waals surface area contributed by atoms with Crippen LogP contribution in [0.2, 0.25) is 0 Å². The second-order valence-corrected chi connectivity index (χ2v) is 3.15. The second-order valence-electron chi connectivity index (χ2n) is 3.15. The summed E-state index contributed by atoms with van der Waals surface area (Å²) in [6, 6.07) is 1.22. The van der Waals surface area contributed by atoms with Crippen molar-refractivity contribution in [1.29, 1.82) is 0 Å². The van der Waals surface area contributed by atoms with Gasteiger partial charge in [-0.3, -0.25) is 0 Å². The first-order valence-electron chi connectivity index (χ1n) is 4.23. The quantitative estimate of drug-likeness (QED) is 0.766. The molecule has 2 N–H and O–H groups in total. The molecule has 14 heavy (non-hydrogen) atoms. The monoisotopic (exact) mass is 200 g/mol. The first-order chi connectivity index (χ1) is 6.49. The number of aliphatic hydroxyl groups excluding tert-OH is 1. The normalized spacial score (nSPS) is 12.6. The van der Waals surface area contributed by atoms with Gasteiger partial charge in [-0.05, 0) is 25.5 Å².